The highest BCUT2D eigenvalue weighted by molar-refractivity contribution is 5.77. The van der Waals surface area contributed by atoms with Crippen LogP contribution in [0.1, 0.15) is 5.56 Å². The minimum atomic E-state index is -0.532. The van der Waals surface area contributed by atoms with Crippen molar-refractivity contribution in [2.24, 2.45) is 0 Å². The molecule has 0 saturated heterocycles. The van der Waals surface area contributed by atoms with Crippen molar-refractivity contribution in [3.63, 3.8) is 0 Å². The maximum Gasteiger partial charge on any atom is 0.311 e. The predicted molar refractivity (Wildman–Crippen MR) is 74.6 cm³/mol. The van der Waals surface area contributed by atoms with E-state index >= 15 is 0 Å². The van der Waals surface area contributed by atoms with Gasteiger partial charge in [-0.2, -0.15) is 0 Å². The van der Waals surface area contributed by atoms with Crippen LogP contribution in [0.25, 0.3) is 0 Å². The molecule has 0 aliphatic rings. The van der Waals surface area contributed by atoms with Gasteiger partial charge in [-0.25, -0.2) is 0 Å². The lowest BCUT2D eigenvalue weighted by atomic mass is 10.2. The molecule has 0 heterocycles. The van der Waals surface area contributed by atoms with E-state index in [1.807, 2.05) is 0 Å². The zero-order valence-corrected chi connectivity index (χ0v) is 11.2. The fraction of sp³-hybridized carbons (Fsp3) is 0.308. The second-order valence-corrected chi connectivity index (χ2v) is 3.97. The molecule has 1 amide bonds. The van der Waals surface area contributed by atoms with Gasteiger partial charge in [0.05, 0.1) is 4.92 Å². The lowest BCUT2D eigenvalue weighted by Crippen LogP contribution is -2.28. The average molecular weight is 279 g/mol. The van der Waals surface area contributed by atoms with E-state index in [1.54, 1.807) is 13.1 Å². The van der Waals surface area contributed by atoms with E-state index in [4.69, 9.17) is 4.74 Å². The summed E-state index contributed by atoms with van der Waals surface area (Å²) in [6.45, 7) is 4.03. The van der Waals surface area contributed by atoms with Gasteiger partial charge in [0.2, 0.25) is 0 Å². The lowest BCUT2D eigenvalue weighted by molar-refractivity contribution is -0.385. The number of benzene rings is 1. The highest BCUT2D eigenvalue weighted by Crippen LogP contribution is 2.27. The number of carbonyl (C=O) groups excluding carboxylic acids is 1. The van der Waals surface area contributed by atoms with Crippen LogP contribution in [-0.2, 0) is 11.3 Å². The molecule has 20 heavy (non-hydrogen) atoms. The summed E-state index contributed by atoms with van der Waals surface area (Å²) in [7, 11) is 1.75. The van der Waals surface area contributed by atoms with Gasteiger partial charge in [-0.15, -0.1) is 6.58 Å². The number of hydrogen-bond donors (Lipinski definition) is 2. The summed E-state index contributed by atoms with van der Waals surface area (Å²) >= 11 is 0. The third kappa shape index (κ3) is 4.69. The molecule has 0 saturated carbocycles. The summed E-state index contributed by atoms with van der Waals surface area (Å²) < 4.78 is 5.18. The molecule has 1 aromatic carbocycles. The molecule has 1 aromatic rings. The third-order valence-corrected chi connectivity index (χ3v) is 2.40. The maximum atomic E-state index is 11.4. The smallest absolute Gasteiger partial charge is 0.311 e. The van der Waals surface area contributed by atoms with Crippen molar-refractivity contribution in [1.29, 1.82) is 0 Å². The summed E-state index contributed by atoms with van der Waals surface area (Å²) in [5.74, 6) is -0.290. The number of rotatable bonds is 8. The molecule has 7 nitrogen and oxygen atoms in total. The average Bonchev–Trinajstić information content (AvgIpc) is 2.43. The van der Waals surface area contributed by atoms with Crippen LogP contribution >= 0.6 is 0 Å². The van der Waals surface area contributed by atoms with E-state index in [-0.39, 0.29) is 24.0 Å². The van der Waals surface area contributed by atoms with E-state index in [9.17, 15) is 14.9 Å². The Kier molecular flexibility index (Phi) is 6.18. The molecule has 7 heteroatoms. The molecule has 0 atom stereocenters. The maximum absolute atomic E-state index is 11.4. The largest absolute Gasteiger partial charge is 0.477 e. The van der Waals surface area contributed by atoms with Crippen molar-refractivity contribution in [3.05, 3.63) is 46.5 Å². The second-order valence-electron chi connectivity index (χ2n) is 3.97. The van der Waals surface area contributed by atoms with Crippen LogP contribution < -0.4 is 15.4 Å². The molecule has 108 valence electrons. The van der Waals surface area contributed by atoms with Crippen molar-refractivity contribution in [2.45, 2.75) is 6.54 Å². The highest BCUT2D eigenvalue weighted by atomic mass is 16.6. The molecular weight excluding hydrogens is 262 g/mol. The summed E-state index contributed by atoms with van der Waals surface area (Å²) in [6.07, 6.45) is 1.53. The van der Waals surface area contributed by atoms with Crippen molar-refractivity contribution in [1.82, 2.24) is 10.6 Å². The monoisotopic (exact) mass is 279 g/mol. The van der Waals surface area contributed by atoms with Crippen molar-refractivity contribution in [2.75, 3.05) is 20.2 Å². The van der Waals surface area contributed by atoms with E-state index < -0.39 is 4.92 Å². The van der Waals surface area contributed by atoms with Gasteiger partial charge in [0, 0.05) is 19.2 Å². The normalized spacial score (nSPS) is 9.85. The van der Waals surface area contributed by atoms with Gasteiger partial charge in [0.1, 0.15) is 0 Å². The van der Waals surface area contributed by atoms with Gasteiger partial charge < -0.3 is 15.4 Å². The highest BCUT2D eigenvalue weighted by Gasteiger charge is 2.16. The minimum Gasteiger partial charge on any atom is -0.477 e. The summed E-state index contributed by atoms with van der Waals surface area (Å²) in [5, 5.41) is 16.4. The Bertz CT molecular complexity index is 502. The number of ether oxygens (including phenoxy) is 1. The zero-order chi connectivity index (χ0) is 15.0. The van der Waals surface area contributed by atoms with Gasteiger partial charge >= 0.3 is 5.69 Å². The fourth-order valence-electron chi connectivity index (χ4n) is 1.52. The predicted octanol–water partition coefficient (Wildman–Crippen LogP) is 0.995. The number of amides is 1. The van der Waals surface area contributed by atoms with E-state index in [0.717, 1.165) is 5.56 Å². The zero-order valence-electron chi connectivity index (χ0n) is 11.2. The van der Waals surface area contributed by atoms with Crippen LogP contribution in [0.5, 0.6) is 5.75 Å². The van der Waals surface area contributed by atoms with Crippen molar-refractivity contribution < 1.29 is 14.5 Å². The Morgan fingerprint density at radius 1 is 1.55 bits per heavy atom. The molecule has 0 spiro atoms. The molecule has 1 rings (SSSR count). The summed E-state index contributed by atoms with van der Waals surface area (Å²) in [5.41, 5.74) is 0.608. The second kappa shape index (κ2) is 7.90. The molecule has 0 aliphatic carbocycles. The summed E-state index contributed by atoms with van der Waals surface area (Å²) in [6, 6.07) is 4.62. The molecular formula is C13H17N3O4. The Morgan fingerprint density at radius 2 is 2.30 bits per heavy atom. The van der Waals surface area contributed by atoms with E-state index in [2.05, 4.69) is 17.2 Å². The van der Waals surface area contributed by atoms with E-state index in [0.29, 0.717) is 13.1 Å². The van der Waals surface area contributed by atoms with Crippen LogP contribution in [0.3, 0.4) is 0 Å². The Labute approximate surface area is 116 Å². The summed E-state index contributed by atoms with van der Waals surface area (Å²) in [4.78, 5) is 21.8. The third-order valence-electron chi connectivity index (χ3n) is 2.40. The number of nitro benzene ring substituents is 1. The van der Waals surface area contributed by atoms with Crippen LogP contribution in [0.2, 0.25) is 0 Å². The number of hydrogen-bond acceptors (Lipinski definition) is 5. The lowest BCUT2D eigenvalue weighted by Gasteiger charge is -2.08. The number of carbonyl (C=O) groups is 1. The molecule has 0 bridgehead atoms. The molecule has 0 aromatic heterocycles. The molecule has 2 N–H and O–H groups in total. The molecule has 0 fully saturated rings. The Hall–Kier alpha value is -2.41. The van der Waals surface area contributed by atoms with Gasteiger partial charge in [-0.1, -0.05) is 12.1 Å². The first kappa shape index (κ1) is 15.6. The first-order valence-corrected chi connectivity index (χ1v) is 6.00. The van der Waals surface area contributed by atoms with Crippen molar-refractivity contribution >= 4 is 11.6 Å². The van der Waals surface area contributed by atoms with Gasteiger partial charge in [-0.3, -0.25) is 14.9 Å². The quantitative estimate of drug-likeness (QED) is 0.420. The van der Waals surface area contributed by atoms with Crippen LogP contribution in [0, 0.1) is 10.1 Å². The van der Waals surface area contributed by atoms with Crippen LogP contribution in [0.4, 0.5) is 5.69 Å². The fourth-order valence-corrected chi connectivity index (χ4v) is 1.52. The van der Waals surface area contributed by atoms with Crippen LogP contribution in [0.15, 0.2) is 30.9 Å². The van der Waals surface area contributed by atoms with Crippen LogP contribution in [-0.4, -0.2) is 31.0 Å². The number of nitrogens with zero attached hydrogens (tertiary/aromatic N) is 1. The first-order valence-electron chi connectivity index (χ1n) is 6.00. The van der Waals surface area contributed by atoms with Gasteiger partial charge in [-0.05, 0) is 18.7 Å². The Morgan fingerprint density at radius 3 is 2.90 bits per heavy atom. The molecule has 0 aliphatic heterocycles. The number of nitrogens with one attached hydrogen (secondary N) is 2. The van der Waals surface area contributed by atoms with Crippen molar-refractivity contribution in [3.8, 4) is 5.75 Å². The van der Waals surface area contributed by atoms with Gasteiger partial charge in [0.15, 0.2) is 12.4 Å². The molecule has 0 radical (unpaired) electrons. The standard InChI is InChI=1S/C13H17N3O4/c1-3-6-15-13(17)9-20-12-5-4-10(8-14-2)7-11(12)16(18)19/h3-5,7,14H,1,6,8-9H2,2H3,(H,15,17). The first-order chi connectivity index (χ1) is 9.58. The van der Waals surface area contributed by atoms with Gasteiger partial charge in [0.25, 0.3) is 5.91 Å². The minimum absolute atomic E-state index is 0.0728. The Balaban J connectivity index is 2.76. The topological polar surface area (TPSA) is 93.5 Å². The number of nitro groups is 1. The SMILES string of the molecule is C=CCNC(=O)COc1ccc(CNC)cc1[N+](=O)[O-]. The molecule has 0 unspecified atom stereocenters. The van der Waals surface area contributed by atoms with E-state index in [1.165, 1.54) is 18.2 Å².